The molecule has 35 heavy (non-hydrogen) atoms. The van der Waals surface area contributed by atoms with Crippen LogP contribution in [0.15, 0.2) is 30.6 Å². The van der Waals surface area contributed by atoms with Gasteiger partial charge in [0.1, 0.15) is 16.7 Å². The highest BCUT2D eigenvalue weighted by Gasteiger charge is 2.29. The minimum Gasteiger partial charge on any atom is -0.377 e. The van der Waals surface area contributed by atoms with E-state index in [4.69, 9.17) is 19.6 Å². The first kappa shape index (κ1) is 22.2. The van der Waals surface area contributed by atoms with Gasteiger partial charge in [0, 0.05) is 45.2 Å². The zero-order chi connectivity index (χ0) is 23.9. The van der Waals surface area contributed by atoms with Crippen LogP contribution in [0.3, 0.4) is 0 Å². The third-order valence-electron chi connectivity index (χ3n) is 7.08. The van der Waals surface area contributed by atoms with Crippen LogP contribution >= 0.6 is 0 Å². The Morgan fingerprint density at radius 1 is 1.09 bits per heavy atom. The van der Waals surface area contributed by atoms with Crippen LogP contribution in [0.2, 0.25) is 0 Å². The number of rotatable bonds is 5. The zero-order valence-electron chi connectivity index (χ0n) is 20.6. The van der Waals surface area contributed by atoms with E-state index in [1.165, 1.54) is 0 Å². The van der Waals surface area contributed by atoms with Gasteiger partial charge in [-0.1, -0.05) is 0 Å². The van der Waals surface area contributed by atoms with E-state index in [0.717, 1.165) is 78.5 Å². The molecule has 4 aromatic rings. The fourth-order valence-electron chi connectivity index (χ4n) is 5.27. The molecule has 0 aliphatic carbocycles. The number of anilines is 1. The predicted octanol–water partition coefficient (Wildman–Crippen LogP) is 3.64. The van der Waals surface area contributed by atoms with E-state index >= 15 is 0 Å². The zero-order valence-corrected chi connectivity index (χ0v) is 20.6. The maximum Gasteiger partial charge on any atom is 0.150 e. The van der Waals surface area contributed by atoms with Crippen molar-refractivity contribution in [1.29, 1.82) is 0 Å². The second kappa shape index (κ2) is 9.09. The van der Waals surface area contributed by atoms with E-state index in [1.807, 2.05) is 40.9 Å². The first-order chi connectivity index (χ1) is 17.2. The van der Waals surface area contributed by atoms with E-state index in [-0.39, 0.29) is 12.3 Å². The Morgan fingerprint density at radius 3 is 2.69 bits per heavy atom. The van der Waals surface area contributed by atoms with Crippen LogP contribution in [-0.2, 0) is 23.1 Å². The molecule has 0 radical (unpaired) electrons. The molecule has 0 aromatic carbocycles. The van der Waals surface area contributed by atoms with Crippen LogP contribution in [0.5, 0.6) is 0 Å². The van der Waals surface area contributed by atoms with Crippen LogP contribution in [-0.4, -0.2) is 66.7 Å². The average molecular weight is 477 g/mol. The highest BCUT2D eigenvalue weighted by molar-refractivity contribution is 5.99. The van der Waals surface area contributed by atoms with Gasteiger partial charge in [-0.05, 0) is 51.3 Å². The number of ether oxygens (including phenoxy) is 2. The van der Waals surface area contributed by atoms with E-state index in [9.17, 15) is 0 Å². The number of hydrogen-bond acceptors (Lipinski definition) is 7. The van der Waals surface area contributed by atoms with Crippen LogP contribution in [0.25, 0.3) is 33.8 Å². The lowest BCUT2D eigenvalue weighted by atomic mass is 10.1. The summed E-state index contributed by atoms with van der Waals surface area (Å²) in [4.78, 5) is 7.61. The monoisotopic (exact) mass is 476 g/mol. The minimum atomic E-state index is -0.0745. The van der Waals surface area contributed by atoms with E-state index in [0.29, 0.717) is 13.2 Å². The molecule has 10 heteroatoms. The number of pyridine rings is 1. The van der Waals surface area contributed by atoms with Crippen LogP contribution in [0.4, 0.5) is 5.69 Å². The number of aryl methyl sites for hydroxylation is 2. The molecule has 6 rings (SSSR count). The average Bonchev–Trinajstić information content (AvgIpc) is 3.62. The van der Waals surface area contributed by atoms with Gasteiger partial charge in [-0.2, -0.15) is 15.3 Å². The molecule has 2 saturated heterocycles. The van der Waals surface area contributed by atoms with Crippen LogP contribution in [0, 0.1) is 0 Å². The summed E-state index contributed by atoms with van der Waals surface area (Å²) < 4.78 is 17.7. The molecular formula is C25H32N8O2. The second-order valence-corrected chi connectivity index (χ2v) is 9.33. The second-order valence-electron chi connectivity index (χ2n) is 9.33. The topological polar surface area (TPSA) is 88.1 Å². The summed E-state index contributed by atoms with van der Waals surface area (Å²) in [5.41, 5.74) is 6.65. The molecule has 0 saturated carbocycles. The molecule has 6 heterocycles. The van der Waals surface area contributed by atoms with Crippen molar-refractivity contribution < 1.29 is 9.47 Å². The van der Waals surface area contributed by atoms with Crippen molar-refractivity contribution in [3.8, 4) is 22.8 Å². The van der Waals surface area contributed by atoms with Crippen LogP contribution in [0.1, 0.15) is 39.3 Å². The third-order valence-corrected chi connectivity index (χ3v) is 7.08. The first-order valence-electron chi connectivity index (χ1n) is 12.6. The SMILES string of the molecule is CCn1nc(-c2ccnn2C2CCCCO2)c2nc(-c3ccnn3C)cc(N3CCOC[C@H]3C)c21. The Bertz CT molecular complexity index is 1330. The quantitative estimate of drug-likeness (QED) is 0.435. The van der Waals surface area contributed by atoms with Crippen molar-refractivity contribution in [3.05, 3.63) is 30.6 Å². The summed E-state index contributed by atoms with van der Waals surface area (Å²) >= 11 is 0. The van der Waals surface area contributed by atoms with Gasteiger partial charge >= 0.3 is 0 Å². The summed E-state index contributed by atoms with van der Waals surface area (Å²) in [6.07, 6.45) is 6.75. The number of nitrogens with zero attached hydrogens (tertiary/aromatic N) is 8. The van der Waals surface area contributed by atoms with Gasteiger partial charge in [0.25, 0.3) is 0 Å². The lowest BCUT2D eigenvalue weighted by molar-refractivity contribution is -0.0384. The predicted molar refractivity (Wildman–Crippen MR) is 133 cm³/mol. The molecule has 0 bridgehead atoms. The Morgan fingerprint density at radius 2 is 1.94 bits per heavy atom. The molecule has 0 spiro atoms. The normalized spacial score (nSPS) is 21.2. The lowest BCUT2D eigenvalue weighted by Gasteiger charge is -2.35. The molecular weight excluding hydrogens is 444 g/mol. The molecule has 2 atom stereocenters. The number of morpholine rings is 1. The van der Waals surface area contributed by atoms with Crippen LogP contribution < -0.4 is 4.90 Å². The minimum absolute atomic E-state index is 0.0745. The van der Waals surface area contributed by atoms with E-state index in [1.54, 1.807) is 0 Å². The number of fused-ring (bicyclic) bond motifs is 1. The van der Waals surface area contributed by atoms with Gasteiger partial charge in [-0.3, -0.25) is 9.36 Å². The van der Waals surface area contributed by atoms with Gasteiger partial charge in [-0.15, -0.1) is 0 Å². The smallest absolute Gasteiger partial charge is 0.150 e. The molecule has 2 aliphatic heterocycles. The van der Waals surface area contributed by atoms with E-state index in [2.05, 4.69) is 39.7 Å². The molecule has 0 amide bonds. The van der Waals surface area contributed by atoms with Gasteiger partial charge in [-0.25, -0.2) is 9.67 Å². The van der Waals surface area contributed by atoms with Crippen molar-refractivity contribution in [2.24, 2.45) is 7.05 Å². The van der Waals surface area contributed by atoms with Crippen molar-refractivity contribution >= 4 is 16.7 Å². The largest absolute Gasteiger partial charge is 0.377 e. The standard InChI is InChI=1S/C25H32N8O2/c1-4-32-25-21(31-12-14-34-16-17(31)2)15-18(19-8-10-26-30(19)3)28-24(25)23(29-32)20-9-11-27-33(20)22-7-5-6-13-35-22/h8-11,15,17,22H,4-7,12-14,16H2,1-3H3/t17-,22?/m1/s1. The maximum absolute atomic E-state index is 6.07. The van der Waals surface area contributed by atoms with Crippen molar-refractivity contribution in [1.82, 2.24) is 34.3 Å². The fraction of sp³-hybridized carbons (Fsp3) is 0.520. The van der Waals surface area contributed by atoms with Crippen molar-refractivity contribution in [2.45, 2.75) is 51.9 Å². The Kier molecular flexibility index (Phi) is 5.77. The summed E-state index contributed by atoms with van der Waals surface area (Å²) in [5.74, 6) is 0. The molecule has 10 nitrogen and oxygen atoms in total. The molecule has 0 N–H and O–H groups in total. The highest BCUT2D eigenvalue weighted by Crippen LogP contribution is 2.38. The number of aromatic nitrogens is 7. The summed E-state index contributed by atoms with van der Waals surface area (Å²) in [6, 6.07) is 6.46. The van der Waals surface area contributed by atoms with Gasteiger partial charge in [0.2, 0.25) is 0 Å². The van der Waals surface area contributed by atoms with E-state index < -0.39 is 0 Å². The molecule has 2 aliphatic rings. The first-order valence-corrected chi connectivity index (χ1v) is 12.6. The lowest BCUT2D eigenvalue weighted by Crippen LogP contribution is -2.44. The fourth-order valence-corrected chi connectivity index (χ4v) is 5.27. The third kappa shape index (κ3) is 3.81. The molecule has 4 aromatic heterocycles. The van der Waals surface area contributed by atoms with Crippen molar-refractivity contribution in [2.75, 3.05) is 31.3 Å². The van der Waals surface area contributed by atoms with Gasteiger partial charge < -0.3 is 14.4 Å². The van der Waals surface area contributed by atoms with Gasteiger partial charge in [0.05, 0.1) is 36.0 Å². The molecule has 2 fully saturated rings. The molecule has 1 unspecified atom stereocenters. The summed E-state index contributed by atoms with van der Waals surface area (Å²) in [7, 11) is 1.95. The Balaban J connectivity index is 1.59. The summed E-state index contributed by atoms with van der Waals surface area (Å²) in [5, 5.41) is 14.1. The van der Waals surface area contributed by atoms with Crippen molar-refractivity contribution in [3.63, 3.8) is 0 Å². The summed E-state index contributed by atoms with van der Waals surface area (Å²) in [6.45, 7) is 8.05. The number of hydrogen-bond donors (Lipinski definition) is 0. The maximum atomic E-state index is 6.07. The van der Waals surface area contributed by atoms with Gasteiger partial charge in [0.15, 0.2) is 6.23 Å². The highest BCUT2D eigenvalue weighted by atomic mass is 16.5. The Hall–Kier alpha value is -3.24. The molecule has 184 valence electrons. The Labute approximate surface area is 204 Å².